The molecule has 0 aliphatic heterocycles. The van der Waals surface area contributed by atoms with E-state index >= 15 is 0 Å². The lowest BCUT2D eigenvalue weighted by molar-refractivity contribution is -0.139. The smallest absolute Gasteiger partial charge is 0.341 e. The highest BCUT2D eigenvalue weighted by Crippen LogP contribution is 2.24. The van der Waals surface area contributed by atoms with Crippen molar-refractivity contribution in [1.29, 1.82) is 5.41 Å². The number of nitrogens with two attached hydrogens (primary N) is 1. The largest absolute Gasteiger partial charge is 0.482 e. The summed E-state index contributed by atoms with van der Waals surface area (Å²) in [4.78, 5) is 23.9. The fourth-order valence-corrected chi connectivity index (χ4v) is 3.25. The quantitative estimate of drug-likeness (QED) is 0.250. The molecule has 0 saturated carbocycles. The molecule has 0 bridgehead atoms. The second-order valence-corrected chi connectivity index (χ2v) is 7.64. The van der Waals surface area contributed by atoms with E-state index in [9.17, 15) is 9.59 Å². The van der Waals surface area contributed by atoms with Crippen molar-refractivity contribution in [3.63, 3.8) is 0 Å². The number of carboxylic acid groups (broad SMARTS) is 1. The van der Waals surface area contributed by atoms with Crippen molar-refractivity contribution in [2.45, 2.75) is 20.4 Å². The van der Waals surface area contributed by atoms with Crippen LogP contribution >= 0.6 is 0 Å². The summed E-state index contributed by atoms with van der Waals surface area (Å²) in [5, 5.41) is 22.5. The van der Waals surface area contributed by atoms with Crippen molar-refractivity contribution in [1.82, 2.24) is 0 Å². The van der Waals surface area contributed by atoms with Crippen LogP contribution in [0.3, 0.4) is 0 Å². The number of hydrogen-bond acceptors (Lipinski definition) is 5. The summed E-state index contributed by atoms with van der Waals surface area (Å²) in [6, 6.07) is 17.7. The zero-order valence-electron chi connectivity index (χ0n) is 18.4. The first-order valence-corrected chi connectivity index (χ1v) is 10.3. The Morgan fingerprint density at radius 3 is 2.33 bits per heavy atom. The van der Waals surface area contributed by atoms with Gasteiger partial charge in [0.2, 0.25) is 0 Å². The van der Waals surface area contributed by atoms with Gasteiger partial charge in [-0.2, -0.15) is 0 Å². The van der Waals surface area contributed by atoms with Crippen LogP contribution in [0.4, 0.5) is 11.4 Å². The molecular formula is C25H26N4O4. The van der Waals surface area contributed by atoms with Crippen LogP contribution in [0.5, 0.6) is 5.75 Å². The van der Waals surface area contributed by atoms with Gasteiger partial charge in [0.1, 0.15) is 11.6 Å². The van der Waals surface area contributed by atoms with E-state index in [1.165, 1.54) is 0 Å². The number of ether oxygens (including phenoxy) is 1. The van der Waals surface area contributed by atoms with Crippen LogP contribution in [-0.2, 0) is 11.3 Å². The molecule has 33 heavy (non-hydrogen) atoms. The summed E-state index contributed by atoms with van der Waals surface area (Å²) in [5.41, 5.74) is 10.4. The highest BCUT2D eigenvalue weighted by molar-refractivity contribution is 6.08. The number of hydrogen-bond donors (Lipinski definition) is 5. The second kappa shape index (κ2) is 10.3. The van der Waals surface area contributed by atoms with E-state index in [4.69, 9.17) is 21.0 Å². The lowest BCUT2D eigenvalue weighted by Crippen LogP contribution is -2.16. The van der Waals surface area contributed by atoms with E-state index in [2.05, 4.69) is 10.6 Å². The number of carboxylic acids is 1. The van der Waals surface area contributed by atoms with Crippen molar-refractivity contribution < 1.29 is 19.4 Å². The summed E-state index contributed by atoms with van der Waals surface area (Å²) in [5.74, 6) is -0.910. The van der Waals surface area contributed by atoms with Gasteiger partial charge >= 0.3 is 5.97 Å². The fraction of sp³-hybridized carbons (Fsp3) is 0.160. The summed E-state index contributed by atoms with van der Waals surface area (Å²) < 4.78 is 5.40. The minimum absolute atomic E-state index is 0.0408. The van der Waals surface area contributed by atoms with Gasteiger partial charge in [0.05, 0.1) is 5.56 Å². The Morgan fingerprint density at radius 1 is 1.00 bits per heavy atom. The van der Waals surface area contributed by atoms with Gasteiger partial charge < -0.3 is 26.2 Å². The van der Waals surface area contributed by atoms with Gasteiger partial charge in [-0.25, -0.2) is 4.79 Å². The number of carbonyl (C=O) groups excluding carboxylic acids is 1. The van der Waals surface area contributed by atoms with Crippen LogP contribution in [-0.4, -0.2) is 29.4 Å². The number of nitrogens with one attached hydrogen (secondary N) is 3. The van der Waals surface area contributed by atoms with Crippen molar-refractivity contribution in [3.8, 4) is 5.75 Å². The Balaban J connectivity index is 1.79. The molecule has 3 rings (SSSR count). The summed E-state index contributed by atoms with van der Waals surface area (Å²) >= 11 is 0. The Bertz CT molecular complexity index is 1190. The molecule has 8 heteroatoms. The van der Waals surface area contributed by atoms with E-state index in [1.807, 2.05) is 38.1 Å². The third kappa shape index (κ3) is 6.33. The first kappa shape index (κ1) is 23.3. The van der Waals surface area contributed by atoms with Gasteiger partial charge in [0.15, 0.2) is 6.61 Å². The zero-order chi connectivity index (χ0) is 24.0. The molecular weight excluding hydrogens is 420 g/mol. The molecule has 0 aliphatic rings. The molecule has 0 atom stereocenters. The van der Waals surface area contributed by atoms with Crippen LogP contribution in [0.2, 0.25) is 0 Å². The molecule has 0 heterocycles. The number of nitrogen functional groups attached to an aromatic ring is 1. The number of carbonyl (C=O) groups is 2. The standard InChI is InChI=1S/C25H26N4O4/c1-15-4-10-22(33-14-23(30)31)18(11-15)13-28-21-9-3-16(2)12-20(21)25(32)29-19-7-5-17(6-8-19)24(26)27/h3-12,28H,13-14H2,1-2H3,(H3,26,27)(H,29,32)(H,30,31). The van der Waals surface area contributed by atoms with Gasteiger partial charge in [0, 0.05) is 29.0 Å². The molecule has 0 unspecified atom stereocenters. The maximum Gasteiger partial charge on any atom is 0.341 e. The van der Waals surface area contributed by atoms with Crippen LogP contribution in [0, 0.1) is 19.3 Å². The normalized spacial score (nSPS) is 10.4. The molecule has 0 saturated heterocycles. The number of benzene rings is 3. The zero-order valence-corrected chi connectivity index (χ0v) is 18.4. The van der Waals surface area contributed by atoms with E-state index in [0.717, 1.165) is 16.7 Å². The summed E-state index contributed by atoms with van der Waals surface area (Å²) in [7, 11) is 0. The van der Waals surface area contributed by atoms with Gasteiger partial charge in [-0.1, -0.05) is 29.3 Å². The molecule has 0 aliphatic carbocycles. The molecule has 0 spiro atoms. The summed E-state index contributed by atoms with van der Waals surface area (Å²) in [6.07, 6.45) is 0. The minimum Gasteiger partial charge on any atom is -0.482 e. The molecule has 0 aromatic heterocycles. The van der Waals surface area contributed by atoms with Gasteiger partial charge in [-0.15, -0.1) is 0 Å². The van der Waals surface area contributed by atoms with Gasteiger partial charge in [0.25, 0.3) is 5.91 Å². The molecule has 6 N–H and O–H groups in total. The minimum atomic E-state index is -1.05. The number of anilines is 2. The van der Waals surface area contributed by atoms with Crippen LogP contribution < -0.4 is 21.1 Å². The van der Waals surface area contributed by atoms with Gasteiger partial charge in [-0.05, 0) is 56.3 Å². The Kier molecular flexibility index (Phi) is 7.30. The second-order valence-electron chi connectivity index (χ2n) is 7.64. The SMILES string of the molecule is Cc1ccc(OCC(=O)O)c(CNc2ccc(C)cc2C(=O)Nc2ccc(C(=N)N)cc2)c1. The van der Waals surface area contributed by atoms with Crippen molar-refractivity contribution >= 4 is 29.1 Å². The van der Waals surface area contributed by atoms with Crippen molar-refractivity contribution in [3.05, 3.63) is 88.5 Å². The molecule has 8 nitrogen and oxygen atoms in total. The number of aryl methyl sites for hydroxylation is 2. The van der Waals surface area contributed by atoms with E-state index in [0.29, 0.717) is 34.8 Å². The Morgan fingerprint density at radius 2 is 1.67 bits per heavy atom. The summed E-state index contributed by atoms with van der Waals surface area (Å²) in [6.45, 7) is 3.75. The maximum atomic E-state index is 13.0. The first-order chi connectivity index (χ1) is 15.7. The van der Waals surface area contributed by atoms with Gasteiger partial charge in [-0.3, -0.25) is 10.2 Å². The predicted molar refractivity (Wildman–Crippen MR) is 128 cm³/mol. The van der Waals surface area contributed by atoms with Crippen LogP contribution in [0.1, 0.15) is 32.6 Å². The third-order valence-electron chi connectivity index (χ3n) is 4.91. The third-order valence-corrected chi connectivity index (χ3v) is 4.91. The number of aliphatic carboxylic acids is 1. The topological polar surface area (TPSA) is 138 Å². The number of amidine groups is 1. The van der Waals surface area contributed by atoms with Crippen LogP contribution in [0.25, 0.3) is 0 Å². The predicted octanol–water partition coefficient (Wildman–Crippen LogP) is 3.92. The van der Waals surface area contributed by atoms with Crippen molar-refractivity contribution in [2.75, 3.05) is 17.2 Å². The average Bonchev–Trinajstić information content (AvgIpc) is 2.77. The molecule has 0 radical (unpaired) electrons. The Hall–Kier alpha value is -4.33. The molecule has 3 aromatic rings. The molecule has 1 amide bonds. The number of amides is 1. The van der Waals surface area contributed by atoms with Crippen molar-refractivity contribution in [2.24, 2.45) is 5.73 Å². The average molecular weight is 447 g/mol. The maximum absolute atomic E-state index is 13.0. The number of rotatable bonds is 9. The van der Waals surface area contributed by atoms with E-state index in [-0.39, 0.29) is 11.7 Å². The fourth-order valence-electron chi connectivity index (χ4n) is 3.25. The molecule has 0 fully saturated rings. The van der Waals surface area contributed by atoms with E-state index < -0.39 is 12.6 Å². The first-order valence-electron chi connectivity index (χ1n) is 10.3. The van der Waals surface area contributed by atoms with Crippen LogP contribution in [0.15, 0.2) is 60.7 Å². The Labute approximate surface area is 191 Å². The monoisotopic (exact) mass is 446 g/mol. The highest BCUT2D eigenvalue weighted by Gasteiger charge is 2.14. The molecule has 170 valence electrons. The lowest BCUT2D eigenvalue weighted by Gasteiger charge is -2.16. The molecule has 3 aromatic carbocycles. The van der Waals surface area contributed by atoms with E-state index in [1.54, 1.807) is 36.4 Å². The highest BCUT2D eigenvalue weighted by atomic mass is 16.5. The lowest BCUT2D eigenvalue weighted by atomic mass is 10.1.